The summed E-state index contributed by atoms with van der Waals surface area (Å²) in [6.45, 7) is 4.97. The van der Waals surface area contributed by atoms with E-state index >= 15 is 0 Å². The van der Waals surface area contributed by atoms with Crippen molar-refractivity contribution in [3.8, 4) is 0 Å². The average molecular weight is 370 g/mol. The highest BCUT2D eigenvalue weighted by Crippen LogP contribution is 2.48. The maximum atomic E-state index is 11.6. The van der Waals surface area contributed by atoms with Crippen molar-refractivity contribution in [2.45, 2.75) is 43.5 Å². The fourth-order valence-corrected chi connectivity index (χ4v) is 5.05. The summed E-state index contributed by atoms with van der Waals surface area (Å²) in [6, 6.07) is 8.48. The number of aliphatic hydroxyl groups is 1. The zero-order chi connectivity index (χ0) is 18.1. The van der Waals surface area contributed by atoms with Gasteiger partial charge >= 0.3 is 0 Å². The Kier molecular flexibility index (Phi) is 5.04. The first kappa shape index (κ1) is 18.0. The smallest absolute Gasteiger partial charge is 0.187 e. The van der Waals surface area contributed by atoms with Crippen LogP contribution in [0, 0.1) is 18.8 Å². The Hall–Kier alpha value is -1.43. The number of fused-ring (bicyclic) bond motifs is 1. The third-order valence-electron chi connectivity index (χ3n) is 6.08. The lowest BCUT2D eigenvalue weighted by molar-refractivity contribution is -0.0648. The summed E-state index contributed by atoms with van der Waals surface area (Å²) in [5, 5.41) is 12.4. The number of hydrogen-bond donors (Lipinski definition) is 1. The molecule has 2 fully saturated rings. The van der Waals surface area contributed by atoms with Crippen LogP contribution < -0.4 is 0 Å². The number of nitrogens with zero attached hydrogens (tertiary/aromatic N) is 3. The van der Waals surface area contributed by atoms with Crippen molar-refractivity contribution >= 4 is 11.8 Å². The maximum absolute atomic E-state index is 11.6. The van der Waals surface area contributed by atoms with Crippen LogP contribution in [0.25, 0.3) is 0 Å². The number of thioether (sulfide) groups is 1. The molecule has 0 amide bonds. The van der Waals surface area contributed by atoms with Crippen molar-refractivity contribution in [3.63, 3.8) is 0 Å². The van der Waals surface area contributed by atoms with Crippen molar-refractivity contribution in [1.29, 1.82) is 0 Å². The van der Waals surface area contributed by atoms with Crippen molar-refractivity contribution in [2.75, 3.05) is 19.3 Å². The molecule has 1 N–H and O–H groups in total. The molecular weight excluding hydrogens is 342 g/mol. The minimum atomic E-state index is -0.690. The molecule has 1 aliphatic heterocycles. The highest BCUT2D eigenvalue weighted by molar-refractivity contribution is 7.98. The van der Waals surface area contributed by atoms with E-state index in [0.717, 1.165) is 48.8 Å². The van der Waals surface area contributed by atoms with Gasteiger partial charge in [-0.05, 0) is 43.9 Å². The molecule has 2 aromatic rings. The van der Waals surface area contributed by atoms with Crippen molar-refractivity contribution in [2.24, 2.45) is 11.8 Å². The van der Waals surface area contributed by atoms with E-state index in [2.05, 4.69) is 46.1 Å². The largest absolute Gasteiger partial charge is 0.385 e. The zero-order valence-corrected chi connectivity index (χ0v) is 16.4. The fourth-order valence-electron chi connectivity index (χ4n) is 4.73. The molecule has 0 radical (unpaired) electrons. The summed E-state index contributed by atoms with van der Waals surface area (Å²) >= 11 is 1.57. The molecule has 0 bridgehead atoms. The van der Waals surface area contributed by atoms with Gasteiger partial charge in [0.05, 0.1) is 5.60 Å². The highest BCUT2D eigenvalue weighted by atomic mass is 32.2. The summed E-state index contributed by atoms with van der Waals surface area (Å²) in [4.78, 5) is 11.2. The highest BCUT2D eigenvalue weighted by Gasteiger charge is 2.49. The van der Waals surface area contributed by atoms with E-state index in [-0.39, 0.29) is 0 Å². The second kappa shape index (κ2) is 7.29. The minimum absolute atomic E-state index is 0.311. The van der Waals surface area contributed by atoms with Crippen LogP contribution in [-0.4, -0.2) is 39.3 Å². The van der Waals surface area contributed by atoms with E-state index in [9.17, 15) is 5.11 Å². The Balaban J connectivity index is 1.51. The molecule has 0 spiro atoms. The molecule has 1 aromatic heterocycles. The van der Waals surface area contributed by atoms with Crippen LogP contribution in [0.4, 0.5) is 0 Å². The van der Waals surface area contributed by atoms with Gasteiger partial charge in [0, 0.05) is 43.5 Å². The third-order valence-corrected chi connectivity index (χ3v) is 6.66. The van der Waals surface area contributed by atoms with Gasteiger partial charge in [0.25, 0.3) is 0 Å². The molecule has 4 rings (SSSR count). The molecule has 1 aromatic carbocycles. The van der Waals surface area contributed by atoms with Crippen LogP contribution in [0.5, 0.6) is 0 Å². The second-order valence-corrected chi connectivity index (χ2v) is 8.59. The van der Waals surface area contributed by atoms with Gasteiger partial charge in [0.2, 0.25) is 0 Å². The zero-order valence-electron chi connectivity index (χ0n) is 15.6. The molecule has 4 nitrogen and oxygen atoms in total. The maximum Gasteiger partial charge on any atom is 0.187 e. The van der Waals surface area contributed by atoms with E-state index in [1.165, 1.54) is 12.0 Å². The minimum Gasteiger partial charge on any atom is -0.385 e. The first-order chi connectivity index (χ1) is 12.6. The Bertz CT molecular complexity index is 749. The van der Waals surface area contributed by atoms with Gasteiger partial charge in [-0.3, -0.25) is 4.90 Å². The molecule has 3 atom stereocenters. The molecule has 0 unspecified atom stereocenters. The predicted octanol–water partition coefficient (Wildman–Crippen LogP) is 3.63. The van der Waals surface area contributed by atoms with Crippen LogP contribution in [0.3, 0.4) is 0 Å². The summed E-state index contributed by atoms with van der Waals surface area (Å²) in [7, 11) is 0. The molecule has 1 saturated heterocycles. The Morgan fingerprint density at radius 1 is 1.19 bits per heavy atom. The van der Waals surface area contributed by atoms with Crippen molar-refractivity contribution in [3.05, 3.63) is 53.3 Å². The predicted molar refractivity (Wildman–Crippen MR) is 105 cm³/mol. The lowest BCUT2D eigenvalue weighted by atomic mass is 9.67. The van der Waals surface area contributed by atoms with E-state index in [1.807, 2.05) is 18.6 Å². The number of aromatic nitrogens is 2. The average Bonchev–Trinajstić information content (AvgIpc) is 3.07. The van der Waals surface area contributed by atoms with Gasteiger partial charge < -0.3 is 5.11 Å². The summed E-state index contributed by atoms with van der Waals surface area (Å²) < 4.78 is 0. The summed E-state index contributed by atoms with van der Waals surface area (Å²) in [5.41, 5.74) is 2.80. The summed E-state index contributed by atoms with van der Waals surface area (Å²) in [6.07, 6.45) is 9.06. The second-order valence-electron chi connectivity index (χ2n) is 7.82. The Labute approximate surface area is 160 Å². The quantitative estimate of drug-likeness (QED) is 0.659. The van der Waals surface area contributed by atoms with Gasteiger partial charge in [-0.15, -0.1) is 0 Å². The number of aryl methyl sites for hydroxylation is 1. The van der Waals surface area contributed by atoms with Crippen molar-refractivity contribution in [1.82, 2.24) is 14.9 Å². The van der Waals surface area contributed by atoms with E-state index in [4.69, 9.17) is 0 Å². The van der Waals surface area contributed by atoms with Gasteiger partial charge in [0.15, 0.2) is 5.16 Å². The number of hydrogen-bond acceptors (Lipinski definition) is 5. The van der Waals surface area contributed by atoms with Gasteiger partial charge in [-0.1, -0.05) is 41.6 Å². The van der Waals surface area contributed by atoms with Crippen LogP contribution in [-0.2, 0) is 12.1 Å². The van der Waals surface area contributed by atoms with Gasteiger partial charge in [-0.2, -0.15) is 0 Å². The molecule has 26 heavy (non-hydrogen) atoms. The number of likely N-dealkylation sites (tertiary alicyclic amines) is 1. The van der Waals surface area contributed by atoms with Gasteiger partial charge in [-0.25, -0.2) is 9.97 Å². The molecular formula is C21H27N3OS. The Morgan fingerprint density at radius 3 is 2.62 bits per heavy atom. The molecule has 138 valence electrons. The van der Waals surface area contributed by atoms with Crippen LogP contribution in [0.2, 0.25) is 0 Å². The van der Waals surface area contributed by atoms with Crippen LogP contribution in [0.15, 0.2) is 41.8 Å². The van der Waals surface area contributed by atoms with E-state index in [0.29, 0.717) is 11.8 Å². The fraction of sp³-hybridized carbons (Fsp3) is 0.524. The molecule has 1 aliphatic carbocycles. The first-order valence-electron chi connectivity index (χ1n) is 9.45. The standard InChI is InChI=1S/C21H27N3OS/c1-15-5-7-18(8-6-15)21(25)9-3-4-17-13-24(14-19(17)21)12-16-10-22-20(26-2)23-11-16/h5-8,10-11,17,19,25H,3-4,9,12-14H2,1-2H3/t17-,19+,21-/m0/s1. The first-order valence-corrected chi connectivity index (χ1v) is 10.7. The SMILES string of the molecule is CSc1ncc(CN2C[C@@H]3CCC[C@](O)(c4ccc(C)cc4)[C@@H]3C2)cn1. The van der Waals surface area contributed by atoms with Crippen LogP contribution >= 0.6 is 11.8 Å². The number of benzene rings is 1. The lowest BCUT2D eigenvalue weighted by Gasteiger charge is -2.41. The van der Waals surface area contributed by atoms with E-state index in [1.54, 1.807) is 11.8 Å². The molecule has 5 heteroatoms. The van der Waals surface area contributed by atoms with E-state index < -0.39 is 5.60 Å². The topological polar surface area (TPSA) is 49.2 Å². The molecule has 2 heterocycles. The van der Waals surface area contributed by atoms with Gasteiger partial charge in [0.1, 0.15) is 0 Å². The molecule has 1 saturated carbocycles. The van der Waals surface area contributed by atoms with Crippen molar-refractivity contribution < 1.29 is 5.11 Å². The third kappa shape index (κ3) is 3.40. The normalized spacial score (nSPS) is 28.9. The monoisotopic (exact) mass is 369 g/mol. The molecule has 2 aliphatic rings. The van der Waals surface area contributed by atoms with Crippen LogP contribution in [0.1, 0.15) is 36.0 Å². The Morgan fingerprint density at radius 2 is 1.92 bits per heavy atom. The lowest BCUT2D eigenvalue weighted by Crippen LogP contribution is -2.42. The number of rotatable bonds is 4. The summed E-state index contributed by atoms with van der Waals surface area (Å²) in [5.74, 6) is 0.881.